The fraction of sp³-hybridized carbons (Fsp3) is 0.700. The number of hydrogen-bond acceptors (Lipinski definition) is 3. The van der Waals surface area contributed by atoms with Crippen molar-refractivity contribution in [1.82, 2.24) is 5.32 Å². The first kappa shape index (κ1) is 12.2. The van der Waals surface area contributed by atoms with Crippen LogP contribution in [0.3, 0.4) is 0 Å². The molecule has 0 aromatic carbocycles. The highest BCUT2D eigenvalue weighted by atomic mass is 16.5. The lowest BCUT2D eigenvalue weighted by molar-refractivity contribution is -0.144. The summed E-state index contributed by atoms with van der Waals surface area (Å²) in [7, 11) is 1.42. The molecule has 0 saturated carbocycles. The minimum Gasteiger partial charge on any atom is -0.469 e. The summed E-state index contributed by atoms with van der Waals surface area (Å²) in [6, 6.07) is 0. The number of nitrogens with one attached hydrogen (secondary N) is 1. The third-order valence-corrected chi connectivity index (χ3v) is 1.78. The van der Waals surface area contributed by atoms with E-state index in [0.29, 0.717) is 6.54 Å². The second-order valence-corrected chi connectivity index (χ2v) is 2.99. The molecule has 0 heterocycles. The van der Waals surface area contributed by atoms with Crippen molar-refractivity contribution in [2.45, 2.75) is 20.3 Å². The quantitative estimate of drug-likeness (QED) is 0.385. The molecule has 1 unspecified atom stereocenters. The lowest BCUT2D eigenvalue weighted by Crippen LogP contribution is -2.27. The molecule has 0 aromatic heterocycles. The molecule has 0 aliphatic heterocycles. The van der Waals surface area contributed by atoms with Crippen molar-refractivity contribution in [2.75, 3.05) is 20.2 Å². The third kappa shape index (κ3) is 6.34. The van der Waals surface area contributed by atoms with Crippen LogP contribution in [0.1, 0.15) is 20.3 Å². The lowest BCUT2D eigenvalue weighted by Gasteiger charge is -2.09. The van der Waals surface area contributed by atoms with E-state index in [9.17, 15) is 4.79 Å². The molecule has 3 nitrogen and oxygen atoms in total. The predicted octanol–water partition coefficient (Wildman–Crippen LogP) is 1.35. The van der Waals surface area contributed by atoms with E-state index in [4.69, 9.17) is 0 Å². The van der Waals surface area contributed by atoms with Crippen LogP contribution in [0.4, 0.5) is 0 Å². The van der Waals surface area contributed by atoms with Gasteiger partial charge in [0, 0.05) is 6.54 Å². The first-order valence-electron chi connectivity index (χ1n) is 4.62. The van der Waals surface area contributed by atoms with Gasteiger partial charge in [0.05, 0.1) is 13.0 Å². The number of carbonyl (C=O) groups excluding carboxylic acids is 1. The molecular formula is C10H19NO2. The Morgan fingerprint density at radius 2 is 2.31 bits per heavy atom. The Balaban J connectivity index is 3.36. The first-order chi connectivity index (χ1) is 6.22. The van der Waals surface area contributed by atoms with Crippen molar-refractivity contribution in [3.63, 3.8) is 0 Å². The van der Waals surface area contributed by atoms with Gasteiger partial charge in [0.15, 0.2) is 0 Å². The van der Waals surface area contributed by atoms with Crippen LogP contribution in [0.5, 0.6) is 0 Å². The second kappa shape index (κ2) is 7.80. The van der Waals surface area contributed by atoms with Gasteiger partial charge in [0.2, 0.25) is 0 Å². The van der Waals surface area contributed by atoms with E-state index in [1.807, 2.05) is 19.9 Å². The SMILES string of the molecule is C/C=C/CCNCC(C)C(=O)OC. The van der Waals surface area contributed by atoms with Gasteiger partial charge in [-0.3, -0.25) is 4.79 Å². The molecule has 0 aromatic rings. The maximum atomic E-state index is 11.0. The molecule has 0 bridgehead atoms. The summed E-state index contributed by atoms with van der Waals surface area (Å²) in [4.78, 5) is 11.0. The smallest absolute Gasteiger partial charge is 0.309 e. The minimum atomic E-state index is -0.154. The van der Waals surface area contributed by atoms with E-state index >= 15 is 0 Å². The van der Waals surface area contributed by atoms with Crippen molar-refractivity contribution in [1.29, 1.82) is 0 Å². The van der Waals surface area contributed by atoms with Crippen LogP contribution < -0.4 is 5.32 Å². The van der Waals surface area contributed by atoms with Crippen molar-refractivity contribution in [2.24, 2.45) is 5.92 Å². The molecule has 0 aliphatic rings. The minimum absolute atomic E-state index is 0.0596. The molecule has 1 atom stereocenters. The zero-order valence-electron chi connectivity index (χ0n) is 8.67. The molecule has 0 saturated heterocycles. The molecule has 0 rings (SSSR count). The average molecular weight is 185 g/mol. The summed E-state index contributed by atoms with van der Waals surface area (Å²) in [5.41, 5.74) is 0. The summed E-state index contributed by atoms with van der Waals surface area (Å²) < 4.78 is 4.60. The molecule has 0 spiro atoms. The van der Waals surface area contributed by atoms with Gasteiger partial charge in [-0.05, 0) is 19.9 Å². The van der Waals surface area contributed by atoms with Crippen LogP contribution in [0.25, 0.3) is 0 Å². The van der Waals surface area contributed by atoms with Crippen molar-refractivity contribution < 1.29 is 9.53 Å². The zero-order chi connectivity index (χ0) is 10.1. The highest BCUT2D eigenvalue weighted by Crippen LogP contribution is 1.94. The molecule has 76 valence electrons. The lowest BCUT2D eigenvalue weighted by atomic mass is 10.2. The standard InChI is InChI=1S/C10H19NO2/c1-4-5-6-7-11-8-9(2)10(12)13-3/h4-5,9,11H,6-8H2,1-3H3/b5-4+. The van der Waals surface area contributed by atoms with Gasteiger partial charge in [0.25, 0.3) is 0 Å². The number of allylic oxidation sites excluding steroid dienone is 1. The number of methoxy groups -OCH3 is 1. The molecule has 0 fully saturated rings. The highest BCUT2D eigenvalue weighted by molar-refractivity contribution is 5.71. The van der Waals surface area contributed by atoms with Crippen LogP contribution in [0.15, 0.2) is 12.2 Å². The van der Waals surface area contributed by atoms with Gasteiger partial charge in [-0.2, -0.15) is 0 Å². The van der Waals surface area contributed by atoms with Crippen LogP contribution in [0.2, 0.25) is 0 Å². The van der Waals surface area contributed by atoms with Gasteiger partial charge in [0.1, 0.15) is 0 Å². The number of esters is 1. The van der Waals surface area contributed by atoms with E-state index in [-0.39, 0.29) is 11.9 Å². The Morgan fingerprint density at radius 3 is 2.85 bits per heavy atom. The summed E-state index contributed by atoms with van der Waals surface area (Å²) in [5.74, 6) is -0.214. The fourth-order valence-corrected chi connectivity index (χ4v) is 0.955. The Kier molecular flexibility index (Phi) is 7.30. The van der Waals surface area contributed by atoms with Gasteiger partial charge in [-0.25, -0.2) is 0 Å². The predicted molar refractivity (Wildman–Crippen MR) is 53.5 cm³/mol. The zero-order valence-corrected chi connectivity index (χ0v) is 8.67. The van der Waals surface area contributed by atoms with Gasteiger partial charge >= 0.3 is 5.97 Å². The Morgan fingerprint density at radius 1 is 1.62 bits per heavy atom. The van der Waals surface area contributed by atoms with Crippen LogP contribution >= 0.6 is 0 Å². The van der Waals surface area contributed by atoms with Crippen LogP contribution in [-0.4, -0.2) is 26.2 Å². The number of ether oxygens (including phenoxy) is 1. The Hall–Kier alpha value is -0.830. The maximum Gasteiger partial charge on any atom is 0.309 e. The maximum absolute atomic E-state index is 11.0. The van der Waals surface area contributed by atoms with E-state index in [2.05, 4.69) is 16.1 Å². The topological polar surface area (TPSA) is 38.3 Å². The highest BCUT2D eigenvalue weighted by Gasteiger charge is 2.11. The van der Waals surface area contributed by atoms with E-state index in [1.165, 1.54) is 7.11 Å². The Labute approximate surface area is 80.2 Å². The van der Waals surface area contributed by atoms with E-state index in [1.54, 1.807) is 0 Å². The van der Waals surface area contributed by atoms with Crippen molar-refractivity contribution in [3.8, 4) is 0 Å². The van der Waals surface area contributed by atoms with Crippen molar-refractivity contribution >= 4 is 5.97 Å². The molecule has 13 heavy (non-hydrogen) atoms. The monoisotopic (exact) mass is 185 g/mol. The van der Waals surface area contributed by atoms with Crippen LogP contribution in [-0.2, 0) is 9.53 Å². The second-order valence-electron chi connectivity index (χ2n) is 2.99. The summed E-state index contributed by atoms with van der Waals surface area (Å²) in [6.45, 7) is 5.45. The van der Waals surface area contributed by atoms with Crippen molar-refractivity contribution in [3.05, 3.63) is 12.2 Å². The van der Waals surface area contributed by atoms with Gasteiger partial charge in [-0.15, -0.1) is 0 Å². The van der Waals surface area contributed by atoms with Gasteiger partial charge in [-0.1, -0.05) is 19.1 Å². The normalized spacial score (nSPS) is 13.2. The first-order valence-corrected chi connectivity index (χ1v) is 4.62. The van der Waals surface area contributed by atoms with E-state index in [0.717, 1.165) is 13.0 Å². The summed E-state index contributed by atoms with van der Waals surface area (Å²) >= 11 is 0. The fourth-order valence-electron chi connectivity index (χ4n) is 0.955. The molecule has 0 radical (unpaired) electrons. The third-order valence-electron chi connectivity index (χ3n) is 1.78. The Bertz CT molecular complexity index is 166. The molecule has 0 aliphatic carbocycles. The molecule has 3 heteroatoms. The number of rotatable bonds is 6. The number of hydrogen-bond donors (Lipinski definition) is 1. The van der Waals surface area contributed by atoms with Crippen LogP contribution in [0, 0.1) is 5.92 Å². The summed E-state index contributed by atoms with van der Waals surface area (Å²) in [5, 5.41) is 3.18. The molecule has 0 amide bonds. The largest absolute Gasteiger partial charge is 0.469 e. The average Bonchev–Trinajstić information content (AvgIpc) is 2.16. The van der Waals surface area contributed by atoms with Gasteiger partial charge < -0.3 is 10.1 Å². The molecule has 1 N–H and O–H groups in total. The van der Waals surface area contributed by atoms with E-state index < -0.39 is 0 Å². The summed E-state index contributed by atoms with van der Waals surface area (Å²) in [6.07, 6.45) is 5.12. The number of carbonyl (C=O) groups is 1. The molecular weight excluding hydrogens is 166 g/mol.